The minimum absolute atomic E-state index is 0.192. The highest BCUT2D eigenvalue weighted by Gasteiger charge is 2.56. The number of carbonyl (C=O) groups is 1. The summed E-state index contributed by atoms with van der Waals surface area (Å²) in [5.74, 6) is 0. The van der Waals surface area contributed by atoms with Crippen molar-refractivity contribution < 1.29 is 18.3 Å². The van der Waals surface area contributed by atoms with Crippen LogP contribution in [0.3, 0.4) is 0 Å². The van der Waals surface area contributed by atoms with Crippen LogP contribution >= 0.6 is 15.9 Å². The van der Waals surface area contributed by atoms with Crippen molar-refractivity contribution in [2.24, 2.45) is 5.41 Å². The Balaban J connectivity index is 1.73. The van der Waals surface area contributed by atoms with Crippen LogP contribution in [0, 0.1) is 12.3 Å². The lowest BCUT2D eigenvalue weighted by Gasteiger charge is -2.58. The highest BCUT2D eigenvalue weighted by atomic mass is 79.9. The van der Waals surface area contributed by atoms with Gasteiger partial charge in [-0.25, -0.2) is 18.2 Å². The fourth-order valence-corrected chi connectivity index (χ4v) is 5.12. The molecule has 0 radical (unpaired) electrons. The average molecular weight is 376 g/mol. The number of amides is 1. The van der Waals surface area contributed by atoms with Crippen LogP contribution in [0.25, 0.3) is 0 Å². The number of halogens is 1. The van der Waals surface area contributed by atoms with Crippen molar-refractivity contribution in [2.75, 3.05) is 26.2 Å². The van der Waals surface area contributed by atoms with Gasteiger partial charge in [0.05, 0.1) is 5.69 Å². The van der Waals surface area contributed by atoms with Crippen LogP contribution < -0.4 is 0 Å². The van der Waals surface area contributed by atoms with Gasteiger partial charge in [-0.2, -0.15) is 4.31 Å². The zero-order valence-electron chi connectivity index (χ0n) is 11.3. The number of pyridine rings is 1. The van der Waals surface area contributed by atoms with Crippen LogP contribution in [0.1, 0.15) is 5.69 Å². The zero-order valence-corrected chi connectivity index (χ0v) is 13.7. The topological polar surface area (TPSA) is 90.8 Å². The van der Waals surface area contributed by atoms with Gasteiger partial charge in [0, 0.05) is 31.6 Å². The first-order valence-electron chi connectivity index (χ1n) is 6.35. The Labute approximate surface area is 130 Å². The number of aromatic nitrogens is 1. The first-order chi connectivity index (χ1) is 9.73. The SMILES string of the molecule is Cc1nc(Br)ccc1S(=O)(=O)N1CC2(CN(C(=O)O)C2)C1. The molecule has 7 nitrogen and oxygen atoms in total. The summed E-state index contributed by atoms with van der Waals surface area (Å²) >= 11 is 3.21. The molecule has 1 N–H and O–H groups in total. The van der Waals surface area contributed by atoms with Gasteiger partial charge in [-0.3, -0.25) is 0 Å². The maximum Gasteiger partial charge on any atom is 0.407 e. The molecule has 0 aromatic carbocycles. The molecule has 0 bridgehead atoms. The normalized spacial score (nSPS) is 21.0. The molecule has 2 saturated heterocycles. The molecule has 0 atom stereocenters. The van der Waals surface area contributed by atoms with Crippen molar-refractivity contribution in [1.82, 2.24) is 14.2 Å². The monoisotopic (exact) mass is 375 g/mol. The van der Waals surface area contributed by atoms with Gasteiger partial charge in [0.15, 0.2) is 0 Å². The van der Waals surface area contributed by atoms with E-state index in [1.165, 1.54) is 15.3 Å². The van der Waals surface area contributed by atoms with Gasteiger partial charge < -0.3 is 10.0 Å². The molecular weight excluding hydrogens is 362 g/mol. The highest BCUT2D eigenvalue weighted by molar-refractivity contribution is 9.10. The molecule has 1 spiro atoms. The maximum absolute atomic E-state index is 12.5. The predicted molar refractivity (Wildman–Crippen MR) is 77.5 cm³/mol. The number of carboxylic acid groups (broad SMARTS) is 1. The summed E-state index contributed by atoms with van der Waals surface area (Å²) < 4.78 is 27.0. The maximum atomic E-state index is 12.5. The van der Waals surface area contributed by atoms with E-state index in [0.29, 0.717) is 36.5 Å². The van der Waals surface area contributed by atoms with E-state index >= 15 is 0 Å². The Morgan fingerprint density at radius 3 is 2.48 bits per heavy atom. The standard InChI is InChI=1S/C12H14BrN3O4S/c1-8-9(2-3-10(13)14-8)21(19,20)16-6-12(7-16)4-15(5-12)11(17)18/h2-3H,4-7H2,1H3,(H,17,18). The second kappa shape index (κ2) is 4.65. The highest BCUT2D eigenvalue weighted by Crippen LogP contribution is 2.42. The number of aryl methyl sites for hydroxylation is 1. The van der Waals surface area contributed by atoms with E-state index in [0.717, 1.165) is 0 Å². The van der Waals surface area contributed by atoms with Crippen molar-refractivity contribution in [2.45, 2.75) is 11.8 Å². The van der Waals surface area contributed by atoms with Crippen molar-refractivity contribution in [3.63, 3.8) is 0 Å². The second-order valence-electron chi connectivity index (χ2n) is 5.63. The van der Waals surface area contributed by atoms with Crippen LogP contribution in [0.4, 0.5) is 4.79 Å². The Kier molecular flexibility index (Phi) is 3.26. The van der Waals surface area contributed by atoms with Crippen LogP contribution in [0.2, 0.25) is 0 Å². The van der Waals surface area contributed by atoms with Crippen molar-refractivity contribution in [1.29, 1.82) is 0 Å². The van der Waals surface area contributed by atoms with Gasteiger partial charge in [-0.1, -0.05) is 0 Å². The molecule has 21 heavy (non-hydrogen) atoms. The summed E-state index contributed by atoms with van der Waals surface area (Å²) in [4.78, 5) is 16.4. The van der Waals surface area contributed by atoms with E-state index in [1.54, 1.807) is 13.0 Å². The number of sulfonamides is 1. The van der Waals surface area contributed by atoms with E-state index in [2.05, 4.69) is 20.9 Å². The van der Waals surface area contributed by atoms with E-state index in [4.69, 9.17) is 5.11 Å². The summed E-state index contributed by atoms with van der Waals surface area (Å²) in [6.07, 6.45) is -0.949. The summed E-state index contributed by atoms with van der Waals surface area (Å²) in [5, 5.41) is 8.83. The number of hydrogen-bond donors (Lipinski definition) is 1. The number of likely N-dealkylation sites (tertiary alicyclic amines) is 1. The zero-order chi connectivity index (χ0) is 15.4. The van der Waals surface area contributed by atoms with Crippen molar-refractivity contribution >= 4 is 32.0 Å². The van der Waals surface area contributed by atoms with Gasteiger partial charge in [-0.05, 0) is 35.0 Å². The van der Waals surface area contributed by atoms with Crippen LogP contribution in [0.15, 0.2) is 21.6 Å². The minimum atomic E-state index is -3.55. The third-order valence-electron chi connectivity index (χ3n) is 3.97. The number of rotatable bonds is 2. The summed E-state index contributed by atoms with van der Waals surface area (Å²) in [5.41, 5.74) is 0.258. The molecule has 1 aromatic heterocycles. The minimum Gasteiger partial charge on any atom is -0.465 e. The first kappa shape index (κ1) is 14.7. The molecule has 1 amide bonds. The van der Waals surface area contributed by atoms with Gasteiger partial charge in [0.2, 0.25) is 10.0 Å². The summed E-state index contributed by atoms with van der Waals surface area (Å²) in [6.45, 7) is 3.21. The number of nitrogens with zero attached hydrogens (tertiary/aromatic N) is 3. The Morgan fingerprint density at radius 1 is 1.33 bits per heavy atom. The fraction of sp³-hybridized carbons (Fsp3) is 0.500. The Morgan fingerprint density at radius 2 is 1.95 bits per heavy atom. The lowest BCUT2D eigenvalue weighted by molar-refractivity contribution is -0.0663. The molecule has 2 aliphatic rings. The first-order valence-corrected chi connectivity index (χ1v) is 8.58. The van der Waals surface area contributed by atoms with E-state index in [1.807, 2.05) is 0 Å². The molecule has 0 unspecified atom stereocenters. The van der Waals surface area contributed by atoms with Crippen LogP contribution in [-0.4, -0.2) is 60.0 Å². The third kappa shape index (κ3) is 2.33. The van der Waals surface area contributed by atoms with Crippen LogP contribution in [0.5, 0.6) is 0 Å². The van der Waals surface area contributed by atoms with Gasteiger partial charge in [-0.15, -0.1) is 0 Å². The van der Waals surface area contributed by atoms with Gasteiger partial charge in [0.25, 0.3) is 0 Å². The molecule has 2 aliphatic heterocycles. The molecule has 3 heterocycles. The number of hydrogen-bond acceptors (Lipinski definition) is 4. The Hall–Kier alpha value is -1.19. The van der Waals surface area contributed by atoms with E-state index in [9.17, 15) is 13.2 Å². The molecule has 2 fully saturated rings. The molecule has 9 heteroatoms. The van der Waals surface area contributed by atoms with Crippen molar-refractivity contribution in [3.05, 3.63) is 22.4 Å². The molecule has 1 aromatic rings. The van der Waals surface area contributed by atoms with Gasteiger partial charge in [0.1, 0.15) is 9.50 Å². The molecule has 0 aliphatic carbocycles. The largest absolute Gasteiger partial charge is 0.465 e. The molecule has 3 rings (SSSR count). The van der Waals surface area contributed by atoms with Crippen molar-refractivity contribution in [3.8, 4) is 0 Å². The van der Waals surface area contributed by atoms with Gasteiger partial charge >= 0.3 is 6.09 Å². The van der Waals surface area contributed by atoms with E-state index < -0.39 is 16.1 Å². The molecular formula is C12H14BrN3O4S. The van der Waals surface area contributed by atoms with E-state index in [-0.39, 0.29) is 10.3 Å². The third-order valence-corrected chi connectivity index (χ3v) is 6.33. The smallest absolute Gasteiger partial charge is 0.407 e. The fourth-order valence-electron chi connectivity index (χ4n) is 2.90. The van der Waals surface area contributed by atoms with Crippen LogP contribution in [-0.2, 0) is 10.0 Å². The lowest BCUT2D eigenvalue weighted by atomic mass is 9.75. The Bertz CT molecular complexity index is 707. The average Bonchev–Trinajstić information content (AvgIpc) is 2.23. The summed E-state index contributed by atoms with van der Waals surface area (Å²) in [7, 11) is -3.55. The molecule has 0 saturated carbocycles. The lowest BCUT2D eigenvalue weighted by Crippen LogP contribution is -2.73. The predicted octanol–water partition coefficient (Wildman–Crippen LogP) is 1.14. The summed E-state index contributed by atoms with van der Waals surface area (Å²) in [6, 6.07) is 3.14. The second-order valence-corrected chi connectivity index (χ2v) is 8.35. The molecule has 114 valence electrons. The quantitative estimate of drug-likeness (QED) is 0.782.